The predicted octanol–water partition coefficient (Wildman–Crippen LogP) is 4.36. The third-order valence-electron chi connectivity index (χ3n) is 4.61. The number of rotatable bonds is 3. The van der Waals surface area contributed by atoms with E-state index in [-0.39, 0.29) is 0 Å². The Labute approximate surface area is 140 Å². The van der Waals surface area contributed by atoms with Gasteiger partial charge in [-0.25, -0.2) is 4.98 Å². The summed E-state index contributed by atoms with van der Waals surface area (Å²) in [5.74, 6) is 0. The van der Waals surface area contributed by atoms with Crippen molar-refractivity contribution in [1.82, 2.24) is 9.38 Å². The molecule has 2 aromatic carbocycles. The van der Waals surface area contributed by atoms with Crippen molar-refractivity contribution in [3.63, 3.8) is 0 Å². The first kappa shape index (κ1) is 14.5. The van der Waals surface area contributed by atoms with Gasteiger partial charge in [0.1, 0.15) is 6.07 Å². The van der Waals surface area contributed by atoms with Crippen molar-refractivity contribution in [1.29, 1.82) is 5.26 Å². The van der Waals surface area contributed by atoms with Crippen LogP contribution in [0.2, 0.25) is 0 Å². The zero-order valence-electron chi connectivity index (χ0n) is 13.8. The zero-order chi connectivity index (χ0) is 16.7. The topological polar surface area (TPSA) is 44.3 Å². The number of nitrogens with zero attached hydrogens (tertiary/aromatic N) is 4. The minimum Gasteiger partial charge on any atom is -0.372 e. The number of aromatic nitrogens is 2. The second kappa shape index (κ2) is 5.54. The van der Waals surface area contributed by atoms with Gasteiger partial charge in [-0.05, 0) is 44.2 Å². The summed E-state index contributed by atoms with van der Waals surface area (Å²) in [5, 5.41) is 10.6. The molecule has 0 radical (unpaired) electrons. The molecule has 0 bridgehead atoms. The lowest BCUT2D eigenvalue weighted by Gasteiger charge is -2.21. The number of anilines is 1. The lowest BCUT2D eigenvalue weighted by atomic mass is 10.1. The number of para-hydroxylation sites is 2. The fourth-order valence-electron chi connectivity index (χ4n) is 3.39. The normalized spacial score (nSPS) is 11.2. The van der Waals surface area contributed by atoms with Gasteiger partial charge in [0.2, 0.25) is 0 Å². The average molecular weight is 314 g/mol. The Bertz CT molecular complexity index is 1100. The van der Waals surface area contributed by atoms with Crippen molar-refractivity contribution < 1.29 is 0 Å². The highest BCUT2D eigenvalue weighted by Crippen LogP contribution is 2.29. The summed E-state index contributed by atoms with van der Waals surface area (Å²) in [7, 11) is 0. The third-order valence-corrected chi connectivity index (χ3v) is 4.61. The van der Waals surface area contributed by atoms with Gasteiger partial charge in [0.05, 0.1) is 22.1 Å². The molecular formula is C20H18N4. The van der Waals surface area contributed by atoms with Gasteiger partial charge in [-0.15, -0.1) is 0 Å². The van der Waals surface area contributed by atoms with Crippen LogP contribution in [0.3, 0.4) is 0 Å². The number of fused-ring (bicyclic) bond motifs is 5. The second-order valence-electron chi connectivity index (χ2n) is 5.84. The van der Waals surface area contributed by atoms with Gasteiger partial charge < -0.3 is 4.90 Å². The van der Waals surface area contributed by atoms with Crippen molar-refractivity contribution in [3.8, 4) is 6.07 Å². The second-order valence-corrected chi connectivity index (χ2v) is 5.84. The van der Waals surface area contributed by atoms with Crippen molar-refractivity contribution in [2.45, 2.75) is 13.8 Å². The van der Waals surface area contributed by atoms with E-state index in [2.05, 4.69) is 58.5 Å². The van der Waals surface area contributed by atoms with E-state index in [1.54, 1.807) is 0 Å². The summed E-state index contributed by atoms with van der Waals surface area (Å²) >= 11 is 0. The molecule has 0 fully saturated rings. The molecule has 2 aromatic heterocycles. The molecule has 24 heavy (non-hydrogen) atoms. The first-order chi connectivity index (χ1) is 11.8. The molecular weight excluding hydrogens is 296 g/mol. The van der Waals surface area contributed by atoms with Gasteiger partial charge in [0.25, 0.3) is 0 Å². The Balaban J connectivity index is 2.16. The molecule has 0 saturated heterocycles. The van der Waals surface area contributed by atoms with Crippen LogP contribution in [0.25, 0.3) is 27.6 Å². The fraction of sp³-hybridized carbons (Fsp3) is 0.200. The van der Waals surface area contributed by atoms with Crippen LogP contribution in [-0.4, -0.2) is 22.5 Å². The molecule has 4 heteroatoms. The zero-order valence-corrected chi connectivity index (χ0v) is 13.8. The number of hydrogen-bond donors (Lipinski definition) is 0. The average Bonchev–Trinajstić information content (AvgIpc) is 3.02. The molecule has 118 valence electrons. The van der Waals surface area contributed by atoms with Gasteiger partial charge in [-0.1, -0.05) is 18.2 Å². The van der Waals surface area contributed by atoms with Crippen molar-refractivity contribution >= 4 is 33.3 Å². The Hall–Kier alpha value is -3.06. The maximum atomic E-state index is 9.53. The molecule has 4 rings (SSSR count). The standard InChI is InChI=1S/C20H18N4/c1-3-23(4-2)16-10-9-14-11-15(13-21)20-22-17-7-5-6-8-18(17)24(20)19(14)12-16/h5-12H,3-4H2,1-2H3. The van der Waals surface area contributed by atoms with E-state index >= 15 is 0 Å². The third kappa shape index (κ3) is 2.02. The highest BCUT2D eigenvalue weighted by Gasteiger charge is 2.13. The molecule has 2 heterocycles. The van der Waals surface area contributed by atoms with Gasteiger partial charge >= 0.3 is 0 Å². The molecule has 4 nitrogen and oxygen atoms in total. The number of imidazole rings is 1. The lowest BCUT2D eigenvalue weighted by molar-refractivity contribution is 0.867. The van der Waals surface area contributed by atoms with Gasteiger partial charge in [-0.2, -0.15) is 5.26 Å². The van der Waals surface area contributed by atoms with E-state index in [0.29, 0.717) is 5.56 Å². The maximum absolute atomic E-state index is 9.53. The van der Waals surface area contributed by atoms with Crippen LogP contribution >= 0.6 is 0 Å². The minimum absolute atomic E-state index is 0.606. The Morgan fingerprint density at radius 3 is 2.58 bits per heavy atom. The minimum atomic E-state index is 0.606. The molecule has 0 amide bonds. The van der Waals surface area contributed by atoms with Crippen molar-refractivity contribution in [3.05, 3.63) is 54.1 Å². The SMILES string of the molecule is CCN(CC)c1ccc2cc(C#N)c3nc4ccccc4n3c2c1. The van der Waals surface area contributed by atoms with Crippen LogP contribution in [-0.2, 0) is 0 Å². The van der Waals surface area contributed by atoms with Gasteiger partial charge in [-0.3, -0.25) is 4.40 Å². The first-order valence-corrected chi connectivity index (χ1v) is 8.25. The van der Waals surface area contributed by atoms with Crippen LogP contribution in [0, 0.1) is 11.3 Å². The number of pyridine rings is 1. The van der Waals surface area contributed by atoms with E-state index in [1.165, 1.54) is 5.69 Å². The Morgan fingerprint density at radius 1 is 1.04 bits per heavy atom. The molecule has 0 aliphatic rings. The monoisotopic (exact) mass is 314 g/mol. The van der Waals surface area contributed by atoms with E-state index in [4.69, 9.17) is 0 Å². The smallest absolute Gasteiger partial charge is 0.156 e. The number of hydrogen-bond acceptors (Lipinski definition) is 3. The maximum Gasteiger partial charge on any atom is 0.156 e. The predicted molar refractivity (Wildman–Crippen MR) is 98.5 cm³/mol. The summed E-state index contributed by atoms with van der Waals surface area (Å²) in [4.78, 5) is 7.00. The lowest BCUT2D eigenvalue weighted by Crippen LogP contribution is -2.21. The highest BCUT2D eigenvalue weighted by molar-refractivity contribution is 5.94. The van der Waals surface area contributed by atoms with Gasteiger partial charge in [0, 0.05) is 24.2 Å². The molecule has 0 saturated carbocycles. The molecule has 0 spiro atoms. The summed E-state index contributed by atoms with van der Waals surface area (Å²) in [5.41, 5.74) is 5.55. The number of nitriles is 1. The summed E-state index contributed by atoms with van der Waals surface area (Å²) in [6, 6.07) is 18.7. The quantitative estimate of drug-likeness (QED) is 0.564. The largest absolute Gasteiger partial charge is 0.372 e. The highest BCUT2D eigenvalue weighted by atomic mass is 15.1. The number of benzene rings is 2. The van der Waals surface area contributed by atoms with Crippen LogP contribution in [0.5, 0.6) is 0 Å². The van der Waals surface area contributed by atoms with Crippen molar-refractivity contribution in [2.24, 2.45) is 0 Å². The molecule has 0 unspecified atom stereocenters. The Kier molecular flexibility index (Phi) is 3.35. The van der Waals surface area contributed by atoms with E-state index < -0.39 is 0 Å². The van der Waals surface area contributed by atoms with Gasteiger partial charge in [0.15, 0.2) is 5.65 Å². The Morgan fingerprint density at radius 2 is 1.83 bits per heavy atom. The van der Waals surface area contributed by atoms with Crippen LogP contribution < -0.4 is 4.90 Å². The molecule has 0 aliphatic carbocycles. The summed E-state index contributed by atoms with van der Waals surface area (Å²) in [6.45, 7) is 6.25. The summed E-state index contributed by atoms with van der Waals surface area (Å²) in [6.07, 6.45) is 0. The molecule has 0 atom stereocenters. The fourth-order valence-corrected chi connectivity index (χ4v) is 3.39. The molecule has 4 aromatic rings. The molecule has 0 N–H and O–H groups in total. The van der Waals surface area contributed by atoms with Crippen LogP contribution in [0.4, 0.5) is 5.69 Å². The summed E-state index contributed by atoms with van der Waals surface area (Å²) < 4.78 is 2.11. The van der Waals surface area contributed by atoms with E-state index in [0.717, 1.165) is 40.7 Å². The van der Waals surface area contributed by atoms with E-state index in [9.17, 15) is 5.26 Å². The van der Waals surface area contributed by atoms with Crippen molar-refractivity contribution in [2.75, 3.05) is 18.0 Å². The van der Waals surface area contributed by atoms with Crippen LogP contribution in [0.15, 0.2) is 48.5 Å². The molecule has 0 aliphatic heterocycles. The van der Waals surface area contributed by atoms with Crippen LogP contribution in [0.1, 0.15) is 19.4 Å². The van der Waals surface area contributed by atoms with E-state index in [1.807, 2.05) is 24.3 Å². The first-order valence-electron chi connectivity index (χ1n) is 8.25.